The summed E-state index contributed by atoms with van der Waals surface area (Å²) in [6, 6.07) is 9.61. The highest BCUT2D eigenvalue weighted by molar-refractivity contribution is 5.79. The third-order valence-corrected chi connectivity index (χ3v) is 4.75. The van der Waals surface area contributed by atoms with Crippen LogP contribution in [0.15, 0.2) is 30.3 Å². The second-order valence-corrected chi connectivity index (χ2v) is 6.61. The maximum Gasteiger partial charge on any atom is 0.224 e. The van der Waals surface area contributed by atoms with E-state index in [0.29, 0.717) is 5.92 Å². The van der Waals surface area contributed by atoms with Crippen molar-refractivity contribution in [3.63, 3.8) is 0 Å². The fraction of sp³-hybridized carbons (Fsp3) is 0.611. The van der Waals surface area contributed by atoms with Gasteiger partial charge in [-0.1, -0.05) is 57.0 Å². The normalized spacial score (nSPS) is 25.1. The molecule has 4 unspecified atom stereocenters. The summed E-state index contributed by atoms with van der Waals surface area (Å²) in [4.78, 5) is 12.3. The lowest BCUT2D eigenvalue weighted by Crippen LogP contribution is -2.38. The molecule has 1 aliphatic carbocycles. The van der Waals surface area contributed by atoms with E-state index in [1.807, 2.05) is 37.3 Å². The lowest BCUT2D eigenvalue weighted by Gasteiger charge is -2.28. The van der Waals surface area contributed by atoms with Crippen LogP contribution in [0.3, 0.4) is 0 Å². The number of carbonyl (C=O) groups excluding carboxylic acids is 1. The Hall–Kier alpha value is -1.35. The van der Waals surface area contributed by atoms with Crippen molar-refractivity contribution in [3.8, 4) is 0 Å². The van der Waals surface area contributed by atoms with Crippen molar-refractivity contribution < 1.29 is 4.79 Å². The molecular formula is C18H28N2O. The molecule has 0 heterocycles. The molecule has 0 aromatic heterocycles. The first-order valence-corrected chi connectivity index (χ1v) is 8.16. The zero-order valence-corrected chi connectivity index (χ0v) is 13.2. The van der Waals surface area contributed by atoms with Crippen molar-refractivity contribution in [2.75, 3.05) is 6.54 Å². The maximum atomic E-state index is 12.3. The highest BCUT2D eigenvalue weighted by Crippen LogP contribution is 2.28. The second-order valence-electron chi connectivity index (χ2n) is 6.61. The Morgan fingerprint density at radius 1 is 1.33 bits per heavy atom. The van der Waals surface area contributed by atoms with Crippen LogP contribution < -0.4 is 11.1 Å². The standard InChI is InChI=1S/C18H28N2O/c1-13-7-6-8-15(11-13)12-20-18(21)14(2)17(19)16-9-4-3-5-10-16/h3-5,9-10,13-15,17H,6-8,11-12,19H2,1-2H3,(H,20,21). The second kappa shape index (κ2) is 7.60. The average Bonchev–Trinajstić information content (AvgIpc) is 2.52. The van der Waals surface area contributed by atoms with Gasteiger partial charge in [-0.05, 0) is 30.2 Å². The summed E-state index contributed by atoms with van der Waals surface area (Å²) >= 11 is 0. The van der Waals surface area contributed by atoms with Crippen LogP contribution in [0.5, 0.6) is 0 Å². The van der Waals surface area contributed by atoms with Crippen molar-refractivity contribution in [2.45, 2.75) is 45.6 Å². The van der Waals surface area contributed by atoms with Gasteiger partial charge in [0.1, 0.15) is 0 Å². The Labute approximate surface area is 128 Å². The molecular weight excluding hydrogens is 260 g/mol. The van der Waals surface area contributed by atoms with Crippen LogP contribution in [0.25, 0.3) is 0 Å². The number of amides is 1. The molecule has 1 fully saturated rings. The molecule has 3 nitrogen and oxygen atoms in total. The molecule has 0 radical (unpaired) electrons. The summed E-state index contributed by atoms with van der Waals surface area (Å²) < 4.78 is 0. The summed E-state index contributed by atoms with van der Waals surface area (Å²) in [5, 5.41) is 3.10. The predicted octanol–water partition coefficient (Wildman–Crippen LogP) is 3.27. The number of rotatable bonds is 5. The average molecular weight is 288 g/mol. The Kier molecular flexibility index (Phi) is 5.80. The third kappa shape index (κ3) is 4.57. The minimum atomic E-state index is -0.239. The fourth-order valence-corrected chi connectivity index (χ4v) is 3.28. The van der Waals surface area contributed by atoms with Crippen LogP contribution >= 0.6 is 0 Å². The number of carbonyl (C=O) groups is 1. The minimum absolute atomic E-state index is 0.0737. The van der Waals surface area contributed by atoms with Crippen molar-refractivity contribution in [3.05, 3.63) is 35.9 Å². The summed E-state index contributed by atoms with van der Waals surface area (Å²) in [5.41, 5.74) is 7.23. The molecule has 1 saturated carbocycles. The smallest absolute Gasteiger partial charge is 0.224 e. The first-order chi connectivity index (χ1) is 10.1. The molecule has 1 aliphatic rings. The Bertz CT molecular complexity index is 446. The van der Waals surface area contributed by atoms with E-state index in [4.69, 9.17) is 5.73 Å². The van der Waals surface area contributed by atoms with Gasteiger partial charge in [-0.15, -0.1) is 0 Å². The third-order valence-electron chi connectivity index (χ3n) is 4.75. The highest BCUT2D eigenvalue weighted by Gasteiger charge is 2.24. The number of benzene rings is 1. The van der Waals surface area contributed by atoms with Gasteiger partial charge in [0.2, 0.25) is 5.91 Å². The van der Waals surface area contributed by atoms with Gasteiger partial charge in [0.15, 0.2) is 0 Å². The number of nitrogens with two attached hydrogens (primary N) is 1. The van der Waals surface area contributed by atoms with E-state index in [2.05, 4.69) is 12.2 Å². The minimum Gasteiger partial charge on any atom is -0.356 e. The number of hydrogen-bond donors (Lipinski definition) is 2. The van der Waals surface area contributed by atoms with Crippen LogP contribution in [-0.2, 0) is 4.79 Å². The molecule has 3 N–H and O–H groups in total. The first kappa shape index (κ1) is 16.0. The van der Waals surface area contributed by atoms with E-state index in [0.717, 1.165) is 18.0 Å². The van der Waals surface area contributed by atoms with Crippen molar-refractivity contribution in [1.82, 2.24) is 5.32 Å². The van der Waals surface area contributed by atoms with E-state index in [9.17, 15) is 4.79 Å². The molecule has 4 atom stereocenters. The zero-order chi connectivity index (χ0) is 15.2. The van der Waals surface area contributed by atoms with Gasteiger partial charge < -0.3 is 11.1 Å². The van der Waals surface area contributed by atoms with Gasteiger partial charge in [0.05, 0.1) is 5.92 Å². The molecule has 0 spiro atoms. The van der Waals surface area contributed by atoms with E-state index < -0.39 is 0 Å². The van der Waals surface area contributed by atoms with Gasteiger partial charge in [-0.25, -0.2) is 0 Å². The zero-order valence-electron chi connectivity index (χ0n) is 13.2. The van der Waals surface area contributed by atoms with Crippen LogP contribution in [0.1, 0.15) is 51.1 Å². The molecule has 116 valence electrons. The number of hydrogen-bond acceptors (Lipinski definition) is 2. The van der Waals surface area contributed by atoms with E-state index >= 15 is 0 Å². The molecule has 1 aromatic carbocycles. The van der Waals surface area contributed by atoms with Crippen molar-refractivity contribution >= 4 is 5.91 Å². The maximum absolute atomic E-state index is 12.3. The lowest BCUT2D eigenvalue weighted by atomic mass is 9.82. The molecule has 3 heteroatoms. The van der Waals surface area contributed by atoms with Crippen molar-refractivity contribution in [2.24, 2.45) is 23.5 Å². The largest absolute Gasteiger partial charge is 0.356 e. The molecule has 1 amide bonds. The first-order valence-electron chi connectivity index (χ1n) is 8.16. The van der Waals surface area contributed by atoms with E-state index in [1.54, 1.807) is 0 Å². The molecule has 1 aromatic rings. The van der Waals surface area contributed by atoms with Gasteiger partial charge in [0.25, 0.3) is 0 Å². The van der Waals surface area contributed by atoms with Gasteiger partial charge >= 0.3 is 0 Å². The van der Waals surface area contributed by atoms with Gasteiger partial charge in [0, 0.05) is 12.6 Å². The summed E-state index contributed by atoms with van der Waals surface area (Å²) in [6.45, 7) is 5.02. The lowest BCUT2D eigenvalue weighted by molar-refractivity contribution is -0.125. The molecule has 0 aliphatic heterocycles. The Morgan fingerprint density at radius 2 is 2.05 bits per heavy atom. The topological polar surface area (TPSA) is 55.1 Å². The molecule has 0 saturated heterocycles. The summed E-state index contributed by atoms with van der Waals surface area (Å²) in [6.07, 6.45) is 5.10. The van der Waals surface area contributed by atoms with Crippen LogP contribution in [-0.4, -0.2) is 12.5 Å². The quantitative estimate of drug-likeness (QED) is 0.873. The number of nitrogens with one attached hydrogen (secondary N) is 1. The van der Waals surface area contributed by atoms with E-state index in [1.165, 1.54) is 25.7 Å². The monoisotopic (exact) mass is 288 g/mol. The van der Waals surface area contributed by atoms with Crippen molar-refractivity contribution in [1.29, 1.82) is 0 Å². The van der Waals surface area contributed by atoms with Crippen LogP contribution in [0.4, 0.5) is 0 Å². The van der Waals surface area contributed by atoms with E-state index in [-0.39, 0.29) is 17.9 Å². The van der Waals surface area contributed by atoms with Crippen LogP contribution in [0.2, 0.25) is 0 Å². The van der Waals surface area contributed by atoms with Crippen LogP contribution in [0, 0.1) is 17.8 Å². The summed E-state index contributed by atoms with van der Waals surface area (Å²) in [5.74, 6) is 1.31. The van der Waals surface area contributed by atoms with Gasteiger partial charge in [-0.3, -0.25) is 4.79 Å². The highest BCUT2D eigenvalue weighted by atomic mass is 16.1. The SMILES string of the molecule is CC1CCCC(CNC(=O)C(C)C(N)c2ccccc2)C1. The summed E-state index contributed by atoms with van der Waals surface area (Å²) in [7, 11) is 0. The molecule has 0 bridgehead atoms. The molecule has 21 heavy (non-hydrogen) atoms. The predicted molar refractivity (Wildman–Crippen MR) is 86.7 cm³/mol. The van der Waals surface area contributed by atoms with Gasteiger partial charge in [-0.2, -0.15) is 0 Å². The fourth-order valence-electron chi connectivity index (χ4n) is 3.28. The molecule has 2 rings (SSSR count). The Morgan fingerprint density at radius 3 is 2.71 bits per heavy atom. The Balaban J connectivity index is 1.82.